The van der Waals surface area contributed by atoms with Crippen molar-refractivity contribution in [3.63, 3.8) is 0 Å². The summed E-state index contributed by atoms with van der Waals surface area (Å²) in [5.74, 6) is -1.43. The third kappa shape index (κ3) is 3.01. The number of nitrogen functional groups attached to an aromatic ring is 1. The standard InChI is InChI=1S/C13H11BrF2N2O2S/c1-18(10-4-2-8(15)3-5-10)21(19,20)12-7-9(17)6-11(14)13(12)16/h2-7H,17H2,1H3. The van der Waals surface area contributed by atoms with Crippen molar-refractivity contribution in [3.8, 4) is 0 Å². The van der Waals surface area contributed by atoms with Crippen molar-refractivity contribution in [2.45, 2.75) is 4.90 Å². The van der Waals surface area contributed by atoms with E-state index < -0.39 is 26.6 Å². The molecule has 0 bridgehead atoms. The first-order valence-electron chi connectivity index (χ1n) is 5.72. The summed E-state index contributed by atoms with van der Waals surface area (Å²) >= 11 is 2.92. The van der Waals surface area contributed by atoms with Gasteiger partial charge in [-0.3, -0.25) is 4.31 Å². The molecule has 0 atom stereocenters. The second-order valence-corrected chi connectivity index (χ2v) is 7.06. The molecule has 0 saturated carbocycles. The van der Waals surface area contributed by atoms with E-state index in [-0.39, 0.29) is 15.8 Å². The molecule has 0 saturated heterocycles. The lowest BCUT2D eigenvalue weighted by Gasteiger charge is -2.20. The third-order valence-corrected chi connectivity index (χ3v) is 5.21. The minimum atomic E-state index is -4.15. The molecule has 0 amide bonds. The van der Waals surface area contributed by atoms with Gasteiger partial charge in [0.1, 0.15) is 10.7 Å². The van der Waals surface area contributed by atoms with Gasteiger partial charge in [0.2, 0.25) is 0 Å². The van der Waals surface area contributed by atoms with E-state index in [0.29, 0.717) is 0 Å². The maximum absolute atomic E-state index is 14.0. The number of halogens is 3. The predicted molar refractivity (Wildman–Crippen MR) is 80.5 cm³/mol. The molecule has 0 unspecified atom stereocenters. The maximum Gasteiger partial charge on any atom is 0.267 e. The summed E-state index contributed by atoms with van der Waals surface area (Å²) in [5, 5.41) is 0. The topological polar surface area (TPSA) is 63.4 Å². The molecule has 0 aliphatic rings. The Morgan fingerprint density at radius 3 is 2.29 bits per heavy atom. The van der Waals surface area contributed by atoms with Gasteiger partial charge in [0.25, 0.3) is 10.0 Å². The van der Waals surface area contributed by atoms with Crippen molar-refractivity contribution in [1.29, 1.82) is 0 Å². The van der Waals surface area contributed by atoms with Crippen LogP contribution in [0.3, 0.4) is 0 Å². The van der Waals surface area contributed by atoms with E-state index in [1.807, 2.05) is 0 Å². The van der Waals surface area contributed by atoms with Crippen molar-refractivity contribution in [3.05, 3.63) is 52.5 Å². The van der Waals surface area contributed by atoms with E-state index in [1.54, 1.807) is 0 Å². The molecule has 0 aliphatic carbocycles. The molecule has 0 aliphatic heterocycles. The summed E-state index contributed by atoms with van der Waals surface area (Å²) in [5.41, 5.74) is 5.86. The van der Waals surface area contributed by atoms with Crippen molar-refractivity contribution < 1.29 is 17.2 Å². The molecule has 2 N–H and O–H groups in total. The average Bonchev–Trinajstić information content (AvgIpc) is 2.42. The van der Waals surface area contributed by atoms with Gasteiger partial charge >= 0.3 is 0 Å². The van der Waals surface area contributed by atoms with Crippen LogP contribution < -0.4 is 10.0 Å². The number of nitrogens with two attached hydrogens (primary N) is 1. The van der Waals surface area contributed by atoms with Crippen molar-refractivity contribution in [2.75, 3.05) is 17.1 Å². The van der Waals surface area contributed by atoms with E-state index in [4.69, 9.17) is 5.73 Å². The molecular weight excluding hydrogens is 366 g/mol. The highest BCUT2D eigenvalue weighted by Gasteiger charge is 2.26. The van der Waals surface area contributed by atoms with Crippen LogP contribution in [0.2, 0.25) is 0 Å². The molecule has 4 nitrogen and oxygen atoms in total. The number of hydrogen-bond acceptors (Lipinski definition) is 3. The van der Waals surface area contributed by atoms with Crippen LogP contribution in [0, 0.1) is 11.6 Å². The zero-order valence-electron chi connectivity index (χ0n) is 10.8. The zero-order chi connectivity index (χ0) is 15.8. The monoisotopic (exact) mass is 376 g/mol. The summed E-state index contributed by atoms with van der Waals surface area (Å²) < 4.78 is 52.7. The maximum atomic E-state index is 14.0. The number of hydrogen-bond donors (Lipinski definition) is 1. The lowest BCUT2D eigenvalue weighted by molar-refractivity contribution is 0.562. The van der Waals surface area contributed by atoms with E-state index in [9.17, 15) is 17.2 Å². The van der Waals surface area contributed by atoms with Gasteiger partial charge in [0, 0.05) is 12.7 Å². The predicted octanol–water partition coefficient (Wildman–Crippen LogP) is 3.13. The van der Waals surface area contributed by atoms with Crippen LogP contribution in [-0.4, -0.2) is 15.5 Å². The van der Waals surface area contributed by atoms with E-state index in [0.717, 1.165) is 22.5 Å². The summed E-state index contributed by atoms with van der Waals surface area (Å²) in [7, 11) is -2.91. The summed E-state index contributed by atoms with van der Waals surface area (Å²) in [6.45, 7) is 0. The van der Waals surface area contributed by atoms with Crippen LogP contribution in [0.15, 0.2) is 45.8 Å². The molecule has 0 spiro atoms. The molecule has 0 radical (unpaired) electrons. The Morgan fingerprint density at radius 1 is 1.14 bits per heavy atom. The number of sulfonamides is 1. The number of rotatable bonds is 3. The first-order chi connectivity index (χ1) is 9.73. The highest BCUT2D eigenvalue weighted by Crippen LogP contribution is 2.29. The summed E-state index contributed by atoms with van der Waals surface area (Å²) in [6.07, 6.45) is 0. The van der Waals surface area contributed by atoms with Gasteiger partial charge in [-0.25, -0.2) is 17.2 Å². The van der Waals surface area contributed by atoms with Gasteiger partial charge in [-0.05, 0) is 52.3 Å². The van der Waals surface area contributed by atoms with Crippen LogP contribution >= 0.6 is 15.9 Å². The minimum Gasteiger partial charge on any atom is -0.399 e. The smallest absolute Gasteiger partial charge is 0.267 e. The number of anilines is 2. The quantitative estimate of drug-likeness (QED) is 0.836. The third-order valence-electron chi connectivity index (χ3n) is 2.85. The van der Waals surface area contributed by atoms with E-state index >= 15 is 0 Å². The molecule has 0 aromatic heterocycles. The summed E-state index contributed by atoms with van der Waals surface area (Å²) in [6, 6.07) is 7.11. The largest absolute Gasteiger partial charge is 0.399 e. The van der Waals surface area contributed by atoms with Gasteiger partial charge in [-0.2, -0.15) is 0 Å². The molecule has 0 fully saturated rings. The molecule has 2 rings (SSSR count). The second kappa shape index (κ2) is 5.61. The van der Waals surface area contributed by atoms with Crippen molar-refractivity contribution in [1.82, 2.24) is 0 Å². The highest BCUT2D eigenvalue weighted by molar-refractivity contribution is 9.10. The molecule has 112 valence electrons. The normalized spacial score (nSPS) is 11.4. The fourth-order valence-electron chi connectivity index (χ4n) is 1.71. The van der Waals surface area contributed by atoms with Crippen LogP contribution in [0.4, 0.5) is 20.2 Å². The lowest BCUT2D eigenvalue weighted by Crippen LogP contribution is -2.27. The molecule has 2 aromatic rings. The first-order valence-corrected chi connectivity index (χ1v) is 7.96. The summed E-state index contributed by atoms with van der Waals surface area (Å²) in [4.78, 5) is -0.554. The Morgan fingerprint density at radius 2 is 1.71 bits per heavy atom. The molecule has 8 heteroatoms. The Hall–Kier alpha value is -1.67. The van der Waals surface area contributed by atoms with Crippen LogP contribution in [0.5, 0.6) is 0 Å². The fraction of sp³-hybridized carbons (Fsp3) is 0.0769. The molecule has 0 heterocycles. The first kappa shape index (κ1) is 15.7. The highest BCUT2D eigenvalue weighted by atomic mass is 79.9. The number of nitrogens with zero attached hydrogens (tertiary/aromatic N) is 1. The number of benzene rings is 2. The molecule has 21 heavy (non-hydrogen) atoms. The Labute approximate surface area is 129 Å². The van der Waals surface area contributed by atoms with Crippen molar-refractivity contribution in [2.24, 2.45) is 0 Å². The molecule has 2 aromatic carbocycles. The van der Waals surface area contributed by atoms with Gasteiger partial charge < -0.3 is 5.73 Å². The van der Waals surface area contributed by atoms with Crippen LogP contribution in [-0.2, 0) is 10.0 Å². The SMILES string of the molecule is CN(c1ccc(F)cc1)S(=O)(=O)c1cc(N)cc(Br)c1F. The zero-order valence-corrected chi connectivity index (χ0v) is 13.2. The van der Waals surface area contributed by atoms with Gasteiger partial charge in [0.05, 0.1) is 10.2 Å². The van der Waals surface area contributed by atoms with E-state index in [2.05, 4.69) is 15.9 Å². The van der Waals surface area contributed by atoms with Gasteiger partial charge in [-0.15, -0.1) is 0 Å². The van der Waals surface area contributed by atoms with Crippen LogP contribution in [0.1, 0.15) is 0 Å². The fourth-order valence-corrected chi connectivity index (χ4v) is 3.63. The van der Waals surface area contributed by atoms with Crippen molar-refractivity contribution >= 4 is 37.3 Å². The van der Waals surface area contributed by atoms with Crippen LogP contribution in [0.25, 0.3) is 0 Å². The van der Waals surface area contributed by atoms with E-state index in [1.165, 1.54) is 25.2 Å². The second-order valence-electron chi connectivity index (χ2n) is 4.26. The Bertz CT molecular complexity index is 780. The Balaban J connectivity index is 2.54. The Kier molecular flexibility index (Phi) is 4.20. The lowest BCUT2D eigenvalue weighted by atomic mass is 10.3. The average molecular weight is 377 g/mol. The van der Waals surface area contributed by atoms with Gasteiger partial charge in [-0.1, -0.05) is 0 Å². The molecular formula is C13H11BrF2N2O2S. The minimum absolute atomic E-state index is 0.0476. The van der Waals surface area contributed by atoms with Gasteiger partial charge in [0.15, 0.2) is 5.82 Å².